The molecule has 9 nitrogen and oxygen atoms in total. The number of aromatic nitrogens is 2. The van der Waals surface area contributed by atoms with E-state index in [-0.39, 0.29) is 10.8 Å². The minimum atomic E-state index is -1.40. The Morgan fingerprint density at radius 1 is 1.40 bits per heavy atom. The van der Waals surface area contributed by atoms with Gasteiger partial charge in [0.05, 0.1) is 6.61 Å². The molecule has 0 fully saturated rings. The van der Waals surface area contributed by atoms with E-state index in [1.165, 1.54) is 0 Å². The first-order chi connectivity index (χ1) is 7.06. The van der Waals surface area contributed by atoms with Gasteiger partial charge in [0, 0.05) is 0 Å². The number of aliphatic hydroxyl groups excluding tert-OH is 1. The maximum Gasteiger partial charge on any atom is 0.325 e. The van der Waals surface area contributed by atoms with Crippen LogP contribution in [0.3, 0.4) is 0 Å². The highest BCUT2D eigenvalue weighted by molar-refractivity contribution is 5.93. The lowest BCUT2D eigenvalue weighted by Crippen LogP contribution is -2.33. The zero-order valence-electron chi connectivity index (χ0n) is 7.32. The number of aliphatic hydroxyl groups is 1. The summed E-state index contributed by atoms with van der Waals surface area (Å²) in [7, 11) is 0. The summed E-state index contributed by atoms with van der Waals surface area (Å²) in [6, 6.07) is 0. The first-order valence-electron chi connectivity index (χ1n) is 3.71. The Morgan fingerprint density at radius 2 is 2.07 bits per heavy atom. The zero-order valence-corrected chi connectivity index (χ0v) is 7.32. The SMILES string of the molecule is O=C(O)CN(O)C(=O)c1nonc1CO. The van der Waals surface area contributed by atoms with Crippen LogP contribution in [0.1, 0.15) is 16.2 Å². The largest absolute Gasteiger partial charge is 0.480 e. The Hall–Kier alpha value is -2.00. The maximum absolute atomic E-state index is 11.3. The van der Waals surface area contributed by atoms with Crippen molar-refractivity contribution in [2.75, 3.05) is 6.54 Å². The molecule has 0 saturated heterocycles. The van der Waals surface area contributed by atoms with E-state index in [4.69, 9.17) is 15.4 Å². The fourth-order valence-corrected chi connectivity index (χ4v) is 0.795. The van der Waals surface area contributed by atoms with E-state index in [1.54, 1.807) is 0 Å². The molecule has 0 aliphatic rings. The number of hydroxylamine groups is 2. The van der Waals surface area contributed by atoms with Gasteiger partial charge in [-0.05, 0) is 5.16 Å². The number of hydrogen-bond donors (Lipinski definition) is 3. The summed E-state index contributed by atoms with van der Waals surface area (Å²) < 4.78 is 4.15. The molecule has 0 aliphatic carbocycles. The first-order valence-corrected chi connectivity index (χ1v) is 3.71. The third-order valence-electron chi connectivity index (χ3n) is 1.43. The second-order valence-corrected chi connectivity index (χ2v) is 2.47. The minimum absolute atomic E-state index is 0.0684. The molecule has 0 aromatic carbocycles. The number of carbonyl (C=O) groups is 2. The lowest BCUT2D eigenvalue weighted by atomic mass is 10.3. The number of aliphatic carboxylic acids is 1. The highest BCUT2D eigenvalue weighted by Gasteiger charge is 2.24. The summed E-state index contributed by atoms with van der Waals surface area (Å²) in [6.07, 6.45) is 0. The quantitative estimate of drug-likeness (QED) is 0.408. The van der Waals surface area contributed by atoms with E-state index < -0.39 is 30.7 Å². The van der Waals surface area contributed by atoms with E-state index in [1.807, 2.05) is 0 Å². The molecule has 1 rings (SSSR count). The van der Waals surface area contributed by atoms with Crippen LogP contribution >= 0.6 is 0 Å². The van der Waals surface area contributed by atoms with Gasteiger partial charge in [0.2, 0.25) is 0 Å². The van der Waals surface area contributed by atoms with Crippen LogP contribution in [0.4, 0.5) is 0 Å². The molecule has 1 heterocycles. The number of nitrogens with zero attached hydrogens (tertiary/aromatic N) is 3. The number of carbonyl (C=O) groups excluding carboxylic acids is 1. The molecule has 0 bridgehead atoms. The summed E-state index contributed by atoms with van der Waals surface area (Å²) >= 11 is 0. The van der Waals surface area contributed by atoms with Crippen molar-refractivity contribution in [1.29, 1.82) is 0 Å². The molecule has 3 N–H and O–H groups in total. The van der Waals surface area contributed by atoms with Crippen molar-refractivity contribution < 1.29 is 29.6 Å². The van der Waals surface area contributed by atoms with Gasteiger partial charge in [0.15, 0.2) is 5.69 Å². The van der Waals surface area contributed by atoms with E-state index >= 15 is 0 Å². The van der Waals surface area contributed by atoms with Crippen molar-refractivity contribution in [2.45, 2.75) is 6.61 Å². The lowest BCUT2D eigenvalue weighted by Gasteiger charge is -2.09. The van der Waals surface area contributed by atoms with Crippen molar-refractivity contribution in [3.8, 4) is 0 Å². The predicted octanol–water partition coefficient (Wildman–Crippen LogP) is -1.52. The maximum atomic E-state index is 11.3. The Labute approximate surface area is 82.4 Å². The second-order valence-electron chi connectivity index (χ2n) is 2.47. The van der Waals surface area contributed by atoms with Gasteiger partial charge in [0.1, 0.15) is 12.2 Å². The number of carboxylic acid groups (broad SMARTS) is 1. The molecule has 1 aromatic rings. The van der Waals surface area contributed by atoms with Crippen molar-refractivity contribution in [1.82, 2.24) is 15.4 Å². The zero-order chi connectivity index (χ0) is 11.4. The Kier molecular flexibility index (Phi) is 3.31. The average molecular weight is 217 g/mol. The third kappa shape index (κ3) is 2.48. The Morgan fingerprint density at radius 3 is 2.60 bits per heavy atom. The van der Waals surface area contributed by atoms with Crippen LogP contribution in [0.15, 0.2) is 4.63 Å². The van der Waals surface area contributed by atoms with Crippen LogP contribution in [0.2, 0.25) is 0 Å². The summed E-state index contributed by atoms with van der Waals surface area (Å²) in [6.45, 7) is -1.51. The van der Waals surface area contributed by atoms with Gasteiger partial charge in [-0.25, -0.2) is 9.69 Å². The van der Waals surface area contributed by atoms with Gasteiger partial charge >= 0.3 is 11.9 Å². The smallest absolute Gasteiger partial charge is 0.325 e. The van der Waals surface area contributed by atoms with E-state index in [2.05, 4.69) is 14.9 Å². The van der Waals surface area contributed by atoms with Crippen molar-refractivity contribution in [3.05, 3.63) is 11.4 Å². The summed E-state index contributed by atoms with van der Waals surface area (Å²) in [4.78, 5) is 21.4. The Balaban J connectivity index is 2.80. The number of rotatable bonds is 4. The molecule has 15 heavy (non-hydrogen) atoms. The summed E-state index contributed by atoms with van der Waals surface area (Å²) in [5.74, 6) is -2.50. The summed E-state index contributed by atoms with van der Waals surface area (Å²) in [5.41, 5.74) is -0.606. The van der Waals surface area contributed by atoms with Gasteiger partial charge in [0.25, 0.3) is 0 Å². The van der Waals surface area contributed by atoms with Crippen LogP contribution in [-0.2, 0) is 11.4 Å². The minimum Gasteiger partial charge on any atom is -0.480 e. The van der Waals surface area contributed by atoms with Crippen LogP contribution in [0.5, 0.6) is 0 Å². The molecule has 0 unspecified atom stereocenters. The van der Waals surface area contributed by atoms with Crippen LogP contribution in [0, 0.1) is 0 Å². The van der Waals surface area contributed by atoms with E-state index in [9.17, 15) is 9.59 Å². The molecule has 0 aliphatic heterocycles. The lowest BCUT2D eigenvalue weighted by molar-refractivity contribution is -0.146. The highest BCUT2D eigenvalue weighted by atomic mass is 16.6. The fourth-order valence-electron chi connectivity index (χ4n) is 0.795. The normalized spacial score (nSPS) is 10.0. The number of hydrogen-bond acceptors (Lipinski definition) is 7. The first kappa shape index (κ1) is 11.1. The molecule has 0 saturated carbocycles. The average Bonchev–Trinajstić information content (AvgIpc) is 2.62. The molecule has 0 atom stereocenters. The molecule has 0 radical (unpaired) electrons. The van der Waals surface area contributed by atoms with Gasteiger partial charge in [-0.1, -0.05) is 5.16 Å². The standard InChI is InChI=1S/C6H7N3O6/c10-2-3-5(8-15-7-3)6(13)9(14)1-4(11)12/h10,14H,1-2H2,(H,11,12). The second kappa shape index (κ2) is 4.48. The molecular formula is C6H7N3O6. The topological polar surface area (TPSA) is 137 Å². The van der Waals surface area contributed by atoms with Gasteiger partial charge < -0.3 is 10.2 Å². The van der Waals surface area contributed by atoms with Gasteiger partial charge in [-0.2, -0.15) is 0 Å². The fraction of sp³-hybridized carbons (Fsp3) is 0.333. The number of carboxylic acids is 1. The molecule has 1 aromatic heterocycles. The molecule has 0 spiro atoms. The number of amides is 1. The van der Waals surface area contributed by atoms with Crippen molar-refractivity contribution >= 4 is 11.9 Å². The van der Waals surface area contributed by atoms with Gasteiger partial charge in [-0.15, -0.1) is 0 Å². The van der Waals surface area contributed by atoms with Crippen LogP contribution in [-0.4, -0.2) is 49.2 Å². The summed E-state index contributed by atoms with van der Waals surface area (Å²) in [5, 5.41) is 32.2. The van der Waals surface area contributed by atoms with E-state index in [0.717, 1.165) is 0 Å². The molecule has 1 amide bonds. The van der Waals surface area contributed by atoms with Crippen LogP contribution < -0.4 is 0 Å². The predicted molar refractivity (Wildman–Crippen MR) is 40.7 cm³/mol. The molecule has 82 valence electrons. The molecule has 9 heteroatoms. The van der Waals surface area contributed by atoms with Crippen LogP contribution in [0.25, 0.3) is 0 Å². The van der Waals surface area contributed by atoms with E-state index in [0.29, 0.717) is 0 Å². The Bertz CT molecular complexity index is 375. The van der Waals surface area contributed by atoms with Gasteiger partial charge in [-0.3, -0.25) is 14.8 Å². The monoisotopic (exact) mass is 217 g/mol. The molecular weight excluding hydrogens is 210 g/mol. The van der Waals surface area contributed by atoms with Crippen molar-refractivity contribution in [3.63, 3.8) is 0 Å². The third-order valence-corrected chi connectivity index (χ3v) is 1.43. The highest BCUT2D eigenvalue weighted by Crippen LogP contribution is 2.05. The van der Waals surface area contributed by atoms with Crippen molar-refractivity contribution in [2.24, 2.45) is 0 Å².